The second-order valence-electron chi connectivity index (χ2n) is 7.20. The molecule has 2 aromatic heterocycles. The number of pyridine rings is 1. The summed E-state index contributed by atoms with van der Waals surface area (Å²) in [7, 11) is 1.70. The summed E-state index contributed by atoms with van der Waals surface area (Å²) in [6.45, 7) is 1.30. The predicted molar refractivity (Wildman–Crippen MR) is 112 cm³/mol. The Kier molecular flexibility index (Phi) is 5.37. The van der Waals surface area contributed by atoms with Gasteiger partial charge in [-0.25, -0.2) is 4.98 Å². The van der Waals surface area contributed by atoms with Crippen LogP contribution in [0.5, 0.6) is 0 Å². The summed E-state index contributed by atoms with van der Waals surface area (Å²) in [6, 6.07) is 14.5. The van der Waals surface area contributed by atoms with Crippen LogP contribution in [0.15, 0.2) is 65.7 Å². The minimum Gasteiger partial charge on any atom is -0.351 e. The van der Waals surface area contributed by atoms with Gasteiger partial charge in [0.25, 0.3) is 11.5 Å². The first-order valence-electron chi connectivity index (χ1n) is 9.71. The van der Waals surface area contributed by atoms with Crippen LogP contribution in [0, 0.1) is 0 Å². The zero-order valence-electron chi connectivity index (χ0n) is 16.3. The van der Waals surface area contributed by atoms with Gasteiger partial charge in [-0.1, -0.05) is 18.2 Å². The quantitative estimate of drug-likeness (QED) is 0.742. The van der Waals surface area contributed by atoms with Crippen LogP contribution in [0.4, 0.5) is 5.95 Å². The zero-order chi connectivity index (χ0) is 20.2. The molecule has 7 heteroatoms. The topological polar surface area (TPSA) is 80.1 Å². The van der Waals surface area contributed by atoms with Crippen molar-refractivity contribution in [1.82, 2.24) is 19.4 Å². The fourth-order valence-corrected chi connectivity index (χ4v) is 3.56. The second-order valence-corrected chi connectivity index (χ2v) is 7.20. The van der Waals surface area contributed by atoms with Gasteiger partial charge in [-0.15, -0.1) is 0 Å². The molecule has 0 saturated carbocycles. The van der Waals surface area contributed by atoms with Crippen LogP contribution in [0.1, 0.15) is 23.2 Å². The molecule has 1 aliphatic heterocycles. The van der Waals surface area contributed by atoms with Crippen molar-refractivity contribution in [3.63, 3.8) is 0 Å². The number of rotatable bonds is 4. The molecule has 7 nitrogen and oxygen atoms in total. The molecule has 29 heavy (non-hydrogen) atoms. The van der Waals surface area contributed by atoms with Gasteiger partial charge in [0.2, 0.25) is 5.95 Å². The third kappa shape index (κ3) is 4.18. The predicted octanol–water partition coefficient (Wildman–Crippen LogP) is 2.56. The Balaban J connectivity index is 1.54. The molecule has 4 rings (SSSR count). The third-order valence-corrected chi connectivity index (χ3v) is 5.17. The third-order valence-electron chi connectivity index (χ3n) is 5.17. The van der Waals surface area contributed by atoms with Crippen LogP contribution in [0.25, 0.3) is 11.3 Å². The number of likely N-dealkylation sites (tertiary alicyclic amines) is 1. The van der Waals surface area contributed by atoms with Crippen molar-refractivity contribution in [2.24, 2.45) is 7.05 Å². The number of carbonyl (C=O) groups excluding carboxylic acids is 1. The highest BCUT2D eigenvalue weighted by atomic mass is 16.2. The van der Waals surface area contributed by atoms with E-state index in [1.807, 2.05) is 47.4 Å². The molecule has 1 unspecified atom stereocenters. The number of benzene rings is 1. The lowest BCUT2D eigenvalue weighted by atomic mass is 10.0. The summed E-state index contributed by atoms with van der Waals surface area (Å²) < 4.78 is 1.50. The fourth-order valence-electron chi connectivity index (χ4n) is 3.56. The lowest BCUT2D eigenvalue weighted by Crippen LogP contribution is -2.45. The molecular formula is C22H23N5O2. The smallest absolute Gasteiger partial charge is 0.255 e. The molecule has 0 bridgehead atoms. The number of hydrogen-bond donors (Lipinski definition) is 1. The highest BCUT2D eigenvalue weighted by Gasteiger charge is 2.25. The van der Waals surface area contributed by atoms with Crippen LogP contribution >= 0.6 is 0 Å². The number of carbonyl (C=O) groups is 1. The molecule has 1 atom stereocenters. The number of anilines is 1. The average molecular weight is 389 g/mol. The first-order valence-corrected chi connectivity index (χ1v) is 9.71. The van der Waals surface area contributed by atoms with Gasteiger partial charge in [-0.05, 0) is 37.1 Å². The van der Waals surface area contributed by atoms with Gasteiger partial charge in [0, 0.05) is 55.8 Å². The van der Waals surface area contributed by atoms with Gasteiger partial charge in [0.1, 0.15) is 0 Å². The van der Waals surface area contributed by atoms with E-state index in [2.05, 4.69) is 15.3 Å². The summed E-state index contributed by atoms with van der Waals surface area (Å²) in [4.78, 5) is 35.7. The molecule has 1 N–H and O–H groups in total. The number of nitrogens with zero attached hydrogens (tertiary/aromatic N) is 4. The Morgan fingerprint density at radius 1 is 1.14 bits per heavy atom. The molecule has 148 valence electrons. The number of nitrogens with one attached hydrogen (secondary N) is 1. The summed E-state index contributed by atoms with van der Waals surface area (Å²) in [5.74, 6) is 0.535. The normalized spacial score (nSPS) is 16.4. The number of amides is 1. The Morgan fingerprint density at radius 3 is 2.66 bits per heavy atom. The Morgan fingerprint density at radius 2 is 1.90 bits per heavy atom. The van der Waals surface area contributed by atoms with Crippen molar-refractivity contribution in [3.05, 3.63) is 76.8 Å². The molecule has 0 radical (unpaired) electrons. The molecule has 3 heterocycles. The molecule has 1 aromatic carbocycles. The molecule has 1 fully saturated rings. The molecule has 1 saturated heterocycles. The van der Waals surface area contributed by atoms with E-state index in [1.165, 1.54) is 10.6 Å². The number of hydrogen-bond acceptors (Lipinski definition) is 5. The average Bonchev–Trinajstić information content (AvgIpc) is 2.77. The maximum atomic E-state index is 12.8. The van der Waals surface area contributed by atoms with Crippen molar-refractivity contribution in [1.29, 1.82) is 0 Å². The number of piperidine rings is 1. The molecule has 0 aliphatic carbocycles. The Labute approximate surface area is 169 Å². The summed E-state index contributed by atoms with van der Waals surface area (Å²) in [5, 5.41) is 3.38. The van der Waals surface area contributed by atoms with E-state index < -0.39 is 0 Å². The largest absolute Gasteiger partial charge is 0.351 e. The standard InChI is InChI=1S/C22H23N5O2/c1-26-20(28)14-19(16-9-11-23-12-10-16)25-22(26)24-18-8-5-13-27(15-18)21(29)17-6-3-2-4-7-17/h2-4,6-7,9-12,14,18H,5,8,13,15H2,1H3,(H,24,25). The molecule has 0 spiro atoms. The minimum atomic E-state index is -0.137. The lowest BCUT2D eigenvalue weighted by Gasteiger charge is -2.33. The molecule has 3 aromatic rings. The van der Waals surface area contributed by atoms with Crippen molar-refractivity contribution in [2.45, 2.75) is 18.9 Å². The molecular weight excluding hydrogens is 366 g/mol. The van der Waals surface area contributed by atoms with Crippen LogP contribution in [0.2, 0.25) is 0 Å². The fraction of sp³-hybridized carbons (Fsp3) is 0.273. The van der Waals surface area contributed by atoms with Gasteiger partial charge in [-0.2, -0.15) is 0 Å². The summed E-state index contributed by atoms with van der Waals surface area (Å²) in [5.41, 5.74) is 2.00. The SMILES string of the molecule is Cn1c(NC2CCCN(C(=O)c3ccccc3)C2)nc(-c2ccncc2)cc1=O. The van der Waals surface area contributed by atoms with Crippen LogP contribution in [-0.4, -0.2) is 44.5 Å². The highest BCUT2D eigenvalue weighted by molar-refractivity contribution is 5.94. The van der Waals surface area contributed by atoms with Crippen LogP contribution in [-0.2, 0) is 7.05 Å². The molecule has 1 amide bonds. The van der Waals surface area contributed by atoms with Gasteiger partial charge >= 0.3 is 0 Å². The van der Waals surface area contributed by atoms with Gasteiger partial charge < -0.3 is 10.2 Å². The van der Waals surface area contributed by atoms with Gasteiger partial charge in [0.05, 0.1) is 5.69 Å². The van der Waals surface area contributed by atoms with Crippen molar-refractivity contribution in [2.75, 3.05) is 18.4 Å². The van der Waals surface area contributed by atoms with Crippen LogP contribution < -0.4 is 10.9 Å². The minimum absolute atomic E-state index is 0.0298. The monoisotopic (exact) mass is 389 g/mol. The highest BCUT2D eigenvalue weighted by Crippen LogP contribution is 2.19. The maximum Gasteiger partial charge on any atom is 0.255 e. The van der Waals surface area contributed by atoms with E-state index in [0.29, 0.717) is 23.8 Å². The lowest BCUT2D eigenvalue weighted by molar-refractivity contribution is 0.0714. The van der Waals surface area contributed by atoms with Crippen molar-refractivity contribution < 1.29 is 4.79 Å². The summed E-state index contributed by atoms with van der Waals surface area (Å²) >= 11 is 0. The number of aromatic nitrogens is 3. The van der Waals surface area contributed by atoms with E-state index in [-0.39, 0.29) is 17.5 Å². The first-order chi connectivity index (χ1) is 14.1. The first kappa shape index (κ1) is 18.9. The van der Waals surface area contributed by atoms with E-state index in [9.17, 15) is 9.59 Å². The summed E-state index contributed by atoms with van der Waals surface area (Å²) in [6.07, 6.45) is 5.16. The van der Waals surface area contributed by atoms with E-state index in [0.717, 1.165) is 24.9 Å². The second kappa shape index (κ2) is 8.26. The Hall–Kier alpha value is -3.48. The van der Waals surface area contributed by atoms with E-state index >= 15 is 0 Å². The van der Waals surface area contributed by atoms with Gasteiger partial charge in [-0.3, -0.25) is 19.1 Å². The maximum absolute atomic E-state index is 12.8. The van der Waals surface area contributed by atoms with Crippen LogP contribution in [0.3, 0.4) is 0 Å². The van der Waals surface area contributed by atoms with E-state index in [1.54, 1.807) is 19.4 Å². The van der Waals surface area contributed by atoms with Gasteiger partial charge in [0.15, 0.2) is 0 Å². The Bertz CT molecular complexity index is 1050. The zero-order valence-corrected chi connectivity index (χ0v) is 16.3. The van der Waals surface area contributed by atoms with Crippen molar-refractivity contribution >= 4 is 11.9 Å². The van der Waals surface area contributed by atoms with Crippen molar-refractivity contribution in [3.8, 4) is 11.3 Å². The molecule has 1 aliphatic rings. The van der Waals surface area contributed by atoms with E-state index in [4.69, 9.17) is 0 Å².